The number of carbonyl (C=O) groups excluding carboxylic acids is 1. The van der Waals surface area contributed by atoms with Crippen molar-refractivity contribution in [3.8, 4) is 12.3 Å². The van der Waals surface area contributed by atoms with Crippen molar-refractivity contribution in [3.05, 3.63) is 0 Å². The molecule has 0 saturated carbocycles. The van der Waals surface area contributed by atoms with Crippen LogP contribution in [0.15, 0.2) is 0 Å². The van der Waals surface area contributed by atoms with Crippen molar-refractivity contribution in [1.29, 1.82) is 0 Å². The van der Waals surface area contributed by atoms with Gasteiger partial charge in [0.1, 0.15) is 12.9 Å². The highest BCUT2D eigenvalue weighted by Gasteiger charge is 2.07. The Bertz CT molecular complexity index is 113. The number of morpholine rings is 1. The van der Waals surface area contributed by atoms with Crippen LogP contribution in [0.3, 0.4) is 0 Å². The summed E-state index contributed by atoms with van der Waals surface area (Å²) in [6.07, 6.45) is 5.09. The molecule has 0 aromatic carbocycles. The predicted molar refractivity (Wildman–Crippen MR) is 38.6 cm³/mol. The molecule has 0 aromatic rings. The van der Waals surface area contributed by atoms with Gasteiger partial charge in [-0.2, -0.15) is 0 Å². The summed E-state index contributed by atoms with van der Waals surface area (Å²) in [6, 6.07) is 0. The summed E-state index contributed by atoms with van der Waals surface area (Å²) in [5.74, 6) is 2.52. The molecule has 0 aliphatic carbocycles. The molecular weight excluding hydrogens is 130 g/mol. The van der Waals surface area contributed by atoms with Crippen molar-refractivity contribution in [1.82, 2.24) is 5.32 Å². The summed E-state index contributed by atoms with van der Waals surface area (Å²) in [5.41, 5.74) is 0. The van der Waals surface area contributed by atoms with Crippen LogP contribution in [-0.2, 0) is 9.53 Å². The highest BCUT2D eigenvalue weighted by atomic mass is 16.5. The number of terminal acetylenes is 1. The van der Waals surface area contributed by atoms with Crippen molar-refractivity contribution in [2.45, 2.75) is 6.10 Å². The quantitative estimate of drug-likeness (QED) is 0.459. The molecule has 0 radical (unpaired) electrons. The Morgan fingerprint density at radius 1 is 1.70 bits per heavy atom. The molecule has 10 heavy (non-hydrogen) atoms. The fraction of sp³-hybridized carbons (Fsp3) is 0.571. The summed E-state index contributed by atoms with van der Waals surface area (Å²) >= 11 is 0. The maximum absolute atomic E-state index is 8.00. The lowest BCUT2D eigenvalue weighted by molar-refractivity contribution is -0.0979. The molecule has 0 aromatic heterocycles. The molecule has 0 amide bonds. The summed E-state index contributed by atoms with van der Waals surface area (Å²) < 4.78 is 5.13. The first-order valence-corrected chi connectivity index (χ1v) is 3.01. The van der Waals surface area contributed by atoms with Crippen LogP contribution in [0.2, 0.25) is 0 Å². The fourth-order valence-corrected chi connectivity index (χ4v) is 0.672. The van der Waals surface area contributed by atoms with Gasteiger partial charge in [0, 0.05) is 13.1 Å². The summed E-state index contributed by atoms with van der Waals surface area (Å²) in [7, 11) is 0. The first-order valence-electron chi connectivity index (χ1n) is 3.01. The standard InChI is InChI=1S/C6H9NO.CH2O/c1-2-6-5-7-3-4-8-6;1-2/h1,6-7H,3-5H2;1H2/t6-;/m1./s1. The van der Waals surface area contributed by atoms with E-state index in [0.29, 0.717) is 0 Å². The van der Waals surface area contributed by atoms with E-state index in [4.69, 9.17) is 16.0 Å². The highest BCUT2D eigenvalue weighted by molar-refractivity contribution is 5.10. The average Bonchev–Trinajstić information content (AvgIpc) is 2.10. The number of hydrogen-bond acceptors (Lipinski definition) is 3. The summed E-state index contributed by atoms with van der Waals surface area (Å²) in [6.45, 7) is 4.48. The van der Waals surface area contributed by atoms with Crippen LogP contribution in [0.5, 0.6) is 0 Å². The highest BCUT2D eigenvalue weighted by Crippen LogP contribution is 1.91. The van der Waals surface area contributed by atoms with Crippen LogP contribution in [0.25, 0.3) is 0 Å². The lowest BCUT2D eigenvalue weighted by Crippen LogP contribution is -2.37. The monoisotopic (exact) mass is 141 g/mol. The van der Waals surface area contributed by atoms with E-state index in [1.54, 1.807) is 0 Å². The number of nitrogens with one attached hydrogen (secondary N) is 1. The molecule has 3 nitrogen and oxygen atoms in total. The van der Waals surface area contributed by atoms with E-state index in [1.807, 2.05) is 6.79 Å². The van der Waals surface area contributed by atoms with Gasteiger partial charge in [0.2, 0.25) is 0 Å². The minimum absolute atomic E-state index is 0.00347. The van der Waals surface area contributed by atoms with Crippen molar-refractivity contribution in [2.24, 2.45) is 0 Å². The Balaban J connectivity index is 0.000000371. The van der Waals surface area contributed by atoms with Crippen molar-refractivity contribution >= 4 is 6.79 Å². The van der Waals surface area contributed by atoms with E-state index in [0.717, 1.165) is 19.7 Å². The molecule has 1 atom stereocenters. The van der Waals surface area contributed by atoms with Gasteiger partial charge in [-0.05, 0) is 0 Å². The van der Waals surface area contributed by atoms with Crippen LogP contribution in [0, 0.1) is 12.3 Å². The molecule has 56 valence electrons. The third-order valence-corrected chi connectivity index (χ3v) is 1.11. The van der Waals surface area contributed by atoms with Crippen LogP contribution in [-0.4, -0.2) is 32.6 Å². The largest absolute Gasteiger partial charge is 0.363 e. The smallest absolute Gasteiger partial charge is 0.130 e. The number of rotatable bonds is 0. The molecule has 0 bridgehead atoms. The molecule has 3 heteroatoms. The van der Waals surface area contributed by atoms with Gasteiger partial charge in [0.05, 0.1) is 6.61 Å². The molecule has 1 heterocycles. The van der Waals surface area contributed by atoms with Crippen LogP contribution in [0.4, 0.5) is 0 Å². The van der Waals surface area contributed by atoms with E-state index >= 15 is 0 Å². The van der Waals surface area contributed by atoms with Gasteiger partial charge >= 0.3 is 0 Å². The second kappa shape index (κ2) is 6.27. The molecule has 1 N–H and O–H groups in total. The number of carbonyl (C=O) groups is 1. The van der Waals surface area contributed by atoms with Gasteiger partial charge in [-0.25, -0.2) is 0 Å². The minimum Gasteiger partial charge on any atom is -0.363 e. The maximum atomic E-state index is 8.00. The van der Waals surface area contributed by atoms with E-state index < -0.39 is 0 Å². The molecule has 1 aliphatic heterocycles. The predicted octanol–water partition coefficient (Wildman–Crippen LogP) is -0.577. The Labute approximate surface area is 60.8 Å². The zero-order chi connectivity index (χ0) is 7.82. The lowest BCUT2D eigenvalue weighted by atomic mass is 10.3. The van der Waals surface area contributed by atoms with Crippen molar-refractivity contribution < 1.29 is 9.53 Å². The van der Waals surface area contributed by atoms with E-state index in [1.165, 1.54) is 0 Å². The second-order valence-corrected chi connectivity index (χ2v) is 1.73. The average molecular weight is 141 g/mol. The van der Waals surface area contributed by atoms with Gasteiger partial charge < -0.3 is 14.8 Å². The normalized spacial score (nSPS) is 23.7. The Kier molecular flexibility index (Phi) is 5.74. The summed E-state index contributed by atoms with van der Waals surface area (Å²) in [5, 5.41) is 3.12. The zero-order valence-corrected chi connectivity index (χ0v) is 5.80. The van der Waals surface area contributed by atoms with Gasteiger partial charge in [0.25, 0.3) is 0 Å². The van der Waals surface area contributed by atoms with E-state index in [2.05, 4.69) is 11.2 Å². The van der Waals surface area contributed by atoms with Crippen LogP contribution in [0.1, 0.15) is 0 Å². The third-order valence-electron chi connectivity index (χ3n) is 1.11. The van der Waals surface area contributed by atoms with Gasteiger partial charge in [-0.3, -0.25) is 0 Å². The minimum atomic E-state index is 0.00347. The maximum Gasteiger partial charge on any atom is 0.130 e. The van der Waals surface area contributed by atoms with Gasteiger partial charge in [0.15, 0.2) is 0 Å². The first kappa shape index (κ1) is 9.15. The Morgan fingerprint density at radius 3 is 2.70 bits per heavy atom. The topological polar surface area (TPSA) is 38.3 Å². The molecule has 0 unspecified atom stereocenters. The van der Waals surface area contributed by atoms with Gasteiger partial charge in [-0.1, -0.05) is 5.92 Å². The lowest BCUT2D eigenvalue weighted by Gasteiger charge is -2.18. The van der Waals surface area contributed by atoms with Crippen molar-refractivity contribution in [2.75, 3.05) is 19.7 Å². The zero-order valence-electron chi connectivity index (χ0n) is 5.80. The van der Waals surface area contributed by atoms with Crippen molar-refractivity contribution in [3.63, 3.8) is 0 Å². The third kappa shape index (κ3) is 3.23. The first-order chi connectivity index (χ1) is 4.93. The SMILES string of the molecule is C#C[C@@H]1CNCCO1.C=O. The molecule has 1 aliphatic rings. The molecule has 0 spiro atoms. The summed E-state index contributed by atoms with van der Waals surface area (Å²) in [4.78, 5) is 8.00. The van der Waals surface area contributed by atoms with E-state index in [-0.39, 0.29) is 6.10 Å². The number of ether oxygens (including phenoxy) is 1. The molecule has 1 fully saturated rings. The van der Waals surface area contributed by atoms with Crippen LogP contribution >= 0.6 is 0 Å². The van der Waals surface area contributed by atoms with E-state index in [9.17, 15) is 0 Å². The molecule has 1 saturated heterocycles. The Hall–Kier alpha value is -0.850. The fourth-order valence-electron chi connectivity index (χ4n) is 0.672. The second-order valence-electron chi connectivity index (χ2n) is 1.73. The molecular formula is C7H11NO2. The molecule has 1 rings (SSSR count). The Morgan fingerprint density at radius 2 is 2.40 bits per heavy atom. The van der Waals surface area contributed by atoms with Gasteiger partial charge in [-0.15, -0.1) is 6.42 Å². The number of hydrogen-bond donors (Lipinski definition) is 1. The van der Waals surface area contributed by atoms with Crippen LogP contribution < -0.4 is 5.32 Å².